The highest BCUT2D eigenvalue weighted by Gasteiger charge is 2.17. The maximum Gasteiger partial charge on any atom is 0.242 e. The minimum atomic E-state index is -3.69. The van der Waals surface area contributed by atoms with E-state index in [4.69, 9.17) is 16.9 Å². The molecule has 0 aliphatic carbocycles. The Morgan fingerprint density at radius 3 is 2.43 bits per heavy atom. The van der Waals surface area contributed by atoms with Gasteiger partial charge in [-0.15, -0.1) is 0 Å². The molecule has 1 N–H and O–H groups in total. The Morgan fingerprint density at radius 1 is 1.19 bits per heavy atom. The van der Waals surface area contributed by atoms with Crippen molar-refractivity contribution >= 4 is 37.6 Å². The Morgan fingerprint density at radius 2 is 1.86 bits per heavy atom. The average Bonchev–Trinajstić information content (AvgIpc) is 2.45. The summed E-state index contributed by atoms with van der Waals surface area (Å²) in [6.07, 6.45) is 0. The first kappa shape index (κ1) is 16.0. The molecule has 0 saturated carbocycles. The van der Waals surface area contributed by atoms with Crippen molar-refractivity contribution in [2.75, 3.05) is 0 Å². The lowest BCUT2D eigenvalue weighted by atomic mass is 10.1. The molecular formula is C14H10BrClN2O2S. The van der Waals surface area contributed by atoms with Gasteiger partial charge < -0.3 is 0 Å². The fourth-order valence-electron chi connectivity index (χ4n) is 1.65. The molecule has 0 aromatic heterocycles. The third kappa shape index (κ3) is 4.05. The molecule has 0 aliphatic rings. The molecule has 0 radical (unpaired) electrons. The molecule has 0 heterocycles. The number of nitrogens with one attached hydrogen (secondary N) is 1. The van der Waals surface area contributed by atoms with Crippen molar-refractivity contribution in [1.29, 1.82) is 5.26 Å². The van der Waals surface area contributed by atoms with Gasteiger partial charge in [0.15, 0.2) is 0 Å². The standard InChI is InChI=1S/C14H10BrClN2O2S/c15-12-5-6-14(13(16)7-12)21(19,20)18-9-11-3-1-10(8-17)2-4-11/h1-7,18H,9H2. The van der Waals surface area contributed by atoms with Crippen molar-refractivity contribution in [1.82, 2.24) is 4.72 Å². The minimum Gasteiger partial charge on any atom is -0.207 e. The molecule has 0 fully saturated rings. The Bertz CT molecular complexity index is 799. The quantitative estimate of drug-likeness (QED) is 0.876. The van der Waals surface area contributed by atoms with Crippen LogP contribution >= 0.6 is 27.5 Å². The summed E-state index contributed by atoms with van der Waals surface area (Å²) in [4.78, 5) is 0.0287. The second kappa shape index (κ2) is 6.58. The van der Waals surface area contributed by atoms with E-state index >= 15 is 0 Å². The van der Waals surface area contributed by atoms with Gasteiger partial charge in [0.05, 0.1) is 16.7 Å². The molecule has 2 rings (SSSR count). The second-order valence-corrected chi connectivity index (χ2v) is 7.27. The number of nitrogens with zero attached hydrogens (tertiary/aromatic N) is 1. The van der Waals surface area contributed by atoms with Crippen LogP contribution in [-0.2, 0) is 16.6 Å². The Kier molecular flexibility index (Phi) is 5.01. The summed E-state index contributed by atoms with van der Waals surface area (Å²) < 4.78 is 27.6. The lowest BCUT2D eigenvalue weighted by Gasteiger charge is -2.08. The maximum absolute atomic E-state index is 12.2. The highest BCUT2D eigenvalue weighted by atomic mass is 79.9. The highest BCUT2D eigenvalue weighted by molar-refractivity contribution is 9.10. The van der Waals surface area contributed by atoms with E-state index in [1.165, 1.54) is 12.1 Å². The molecule has 4 nitrogen and oxygen atoms in total. The Balaban J connectivity index is 2.16. The fourth-order valence-corrected chi connectivity index (χ4v) is 3.70. The highest BCUT2D eigenvalue weighted by Crippen LogP contribution is 2.25. The van der Waals surface area contributed by atoms with Gasteiger partial charge in [-0.2, -0.15) is 5.26 Å². The largest absolute Gasteiger partial charge is 0.242 e. The van der Waals surface area contributed by atoms with Crippen molar-refractivity contribution in [2.45, 2.75) is 11.4 Å². The zero-order valence-electron chi connectivity index (χ0n) is 10.7. The molecule has 0 bridgehead atoms. The van der Waals surface area contributed by atoms with E-state index < -0.39 is 10.0 Å². The summed E-state index contributed by atoms with van der Waals surface area (Å²) in [5.74, 6) is 0. The molecular weight excluding hydrogens is 376 g/mol. The average molecular weight is 386 g/mol. The van der Waals surface area contributed by atoms with Gasteiger partial charge in [-0.1, -0.05) is 39.7 Å². The smallest absolute Gasteiger partial charge is 0.207 e. The van der Waals surface area contributed by atoms with Gasteiger partial charge in [-0.25, -0.2) is 13.1 Å². The van der Waals surface area contributed by atoms with Crippen molar-refractivity contribution in [3.63, 3.8) is 0 Å². The predicted octanol–water partition coefficient (Wildman–Crippen LogP) is 3.45. The fraction of sp³-hybridized carbons (Fsp3) is 0.0714. The van der Waals surface area contributed by atoms with Crippen LogP contribution in [-0.4, -0.2) is 8.42 Å². The van der Waals surface area contributed by atoms with Gasteiger partial charge in [0.25, 0.3) is 0 Å². The Labute approximate surface area is 136 Å². The first-order valence-electron chi connectivity index (χ1n) is 5.86. The van der Waals surface area contributed by atoms with Crippen molar-refractivity contribution < 1.29 is 8.42 Å². The molecule has 0 saturated heterocycles. The zero-order valence-corrected chi connectivity index (χ0v) is 13.8. The Hall–Kier alpha value is -1.39. The zero-order chi connectivity index (χ0) is 15.5. The summed E-state index contributed by atoms with van der Waals surface area (Å²) in [5, 5.41) is 8.86. The van der Waals surface area contributed by atoms with Crippen LogP contribution in [0.2, 0.25) is 5.02 Å². The molecule has 0 atom stereocenters. The SMILES string of the molecule is N#Cc1ccc(CNS(=O)(=O)c2ccc(Br)cc2Cl)cc1. The molecule has 2 aromatic carbocycles. The van der Waals surface area contributed by atoms with Crippen LogP contribution in [0, 0.1) is 11.3 Å². The number of rotatable bonds is 4. The van der Waals surface area contributed by atoms with Crippen molar-refractivity contribution in [2.24, 2.45) is 0 Å². The van der Waals surface area contributed by atoms with Gasteiger partial charge in [-0.3, -0.25) is 0 Å². The molecule has 0 amide bonds. The van der Waals surface area contributed by atoms with Crippen LogP contribution in [0.25, 0.3) is 0 Å². The minimum absolute atomic E-state index is 0.0287. The first-order valence-corrected chi connectivity index (χ1v) is 8.51. The summed E-state index contributed by atoms with van der Waals surface area (Å²) in [7, 11) is -3.69. The summed E-state index contributed by atoms with van der Waals surface area (Å²) in [6, 6.07) is 13.2. The van der Waals surface area contributed by atoms with Gasteiger partial charge in [0.2, 0.25) is 10.0 Å². The topological polar surface area (TPSA) is 70.0 Å². The lowest BCUT2D eigenvalue weighted by Crippen LogP contribution is -2.23. The van der Waals surface area contributed by atoms with E-state index in [0.29, 0.717) is 10.0 Å². The van der Waals surface area contributed by atoms with Gasteiger partial charge in [0.1, 0.15) is 4.90 Å². The number of benzene rings is 2. The molecule has 7 heteroatoms. The number of sulfonamides is 1. The van der Waals surface area contributed by atoms with E-state index in [9.17, 15) is 8.42 Å². The molecule has 21 heavy (non-hydrogen) atoms. The normalized spacial score (nSPS) is 11.1. The van der Waals surface area contributed by atoms with Crippen molar-refractivity contribution in [3.05, 3.63) is 63.1 Å². The van der Waals surface area contributed by atoms with Crippen molar-refractivity contribution in [3.8, 4) is 6.07 Å². The van der Waals surface area contributed by atoms with E-state index in [1.807, 2.05) is 6.07 Å². The van der Waals surface area contributed by atoms with Crippen LogP contribution in [0.1, 0.15) is 11.1 Å². The summed E-state index contributed by atoms with van der Waals surface area (Å²) in [5.41, 5.74) is 1.28. The molecule has 0 unspecified atom stereocenters. The third-order valence-corrected chi connectivity index (χ3v) is 5.11. The van der Waals surface area contributed by atoms with Gasteiger partial charge in [0, 0.05) is 11.0 Å². The van der Waals surface area contributed by atoms with Crippen LogP contribution in [0.5, 0.6) is 0 Å². The van der Waals surface area contributed by atoms with Gasteiger partial charge >= 0.3 is 0 Å². The maximum atomic E-state index is 12.2. The summed E-state index contributed by atoms with van der Waals surface area (Å²) >= 11 is 9.18. The second-order valence-electron chi connectivity index (χ2n) is 4.21. The first-order chi connectivity index (χ1) is 9.92. The van der Waals surface area contributed by atoms with Crippen LogP contribution in [0.4, 0.5) is 0 Å². The number of hydrogen-bond acceptors (Lipinski definition) is 3. The van der Waals surface area contributed by atoms with E-state index in [0.717, 1.165) is 5.56 Å². The summed E-state index contributed by atoms with van der Waals surface area (Å²) in [6.45, 7) is 0.125. The van der Waals surface area contributed by atoms with E-state index in [-0.39, 0.29) is 16.5 Å². The van der Waals surface area contributed by atoms with Crippen LogP contribution in [0.15, 0.2) is 51.8 Å². The molecule has 0 aliphatic heterocycles. The number of nitriles is 1. The van der Waals surface area contributed by atoms with Crippen LogP contribution in [0.3, 0.4) is 0 Å². The molecule has 0 spiro atoms. The van der Waals surface area contributed by atoms with E-state index in [1.54, 1.807) is 30.3 Å². The van der Waals surface area contributed by atoms with Crippen LogP contribution < -0.4 is 4.72 Å². The third-order valence-electron chi connectivity index (χ3n) is 2.73. The molecule has 2 aromatic rings. The number of hydrogen-bond donors (Lipinski definition) is 1. The molecule has 108 valence electrons. The van der Waals surface area contributed by atoms with Gasteiger partial charge in [-0.05, 0) is 35.9 Å². The number of halogens is 2. The lowest BCUT2D eigenvalue weighted by molar-refractivity contribution is 0.581. The van der Waals surface area contributed by atoms with E-state index in [2.05, 4.69) is 20.7 Å². The predicted molar refractivity (Wildman–Crippen MR) is 84.3 cm³/mol. The monoisotopic (exact) mass is 384 g/mol.